The van der Waals surface area contributed by atoms with Crippen LogP contribution < -0.4 is 4.74 Å². The first-order valence-electron chi connectivity index (χ1n) is 10.9. The minimum atomic E-state index is -0.478. The van der Waals surface area contributed by atoms with Crippen LogP contribution in [0, 0.1) is 6.92 Å². The number of piperidine rings is 1. The molecule has 2 aliphatic rings. The van der Waals surface area contributed by atoms with Crippen LogP contribution in [0.3, 0.4) is 0 Å². The summed E-state index contributed by atoms with van der Waals surface area (Å²) >= 11 is 0. The summed E-state index contributed by atoms with van der Waals surface area (Å²) in [6.07, 6.45) is 1.43. The number of imidazole rings is 1. The molecule has 2 aliphatic heterocycles. The molecule has 2 saturated heterocycles. The van der Waals surface area contributed by atoms with Gasteiger partial charge in [0.05, 0.1) is 30.9 Å². The fourth-order valence-electron chi connectivity index (χ4n) is 4.54. The van der Waals surface area contributed by atoms with Gasteiger partial charge in [0.25, 0.3) is 5.91 Å². The minimum Gasteiger partial charge on any atom is -0.494 e. The number of aromatic nitrogens is 2. The second-order valence-corrected chi connectivity index (χ2v) is 8.02. The number of hydrogen-bond acceptors (Lipinski definition) is 5. The highest BCUT2D eigenvalue weighted by molar-refractivity contribution is 5.97. The Morgan fingerprint density at radius 3 is 2.48 bits per heavy atom. The fourth-order valence-corrected chi connectivity index (χ4v) is 4.54. The second kappa shape index (κ2) is 7.98. The molecule has 1 aromatic heterocycles. The van der Waals surface area contributed by atoms with Crippen molar-refractivity contribution < 1.29 is 19.0 Å². The van der Waals surface area contributed by atoms with E-state index in [1.165, 1.54) is 0 Å². The summed E-state index contributed by atoms with van der Waals surface area (Å²) in [7, 11) is 0. The van der Waals surface area contributed by atoms with Crippen LogP contribution in [0.5, 0.6) is 5.75 Å². The first kappa shape index (κ1) is 20.0. The number of amides is 1. The maximum Gasteiger partial charge on any atom is 0.253 e. The number of carbonyl (C=O) groups excluding carboxylic acids is 1. The van der Waals surface area contributed by atoms with E-state index in [1.54, 1.807) is 0 Å². The standard InChI is InChI=1S/C24H27N3O4/c1-3-29-20-7-5-19(6-8-20)27-17(2)25-21-16-18(4-9-22(21)27)23(28)26-12-10-24(11-13-26)30-14-15-31-24/h4-9,16H,3,10-15H2,1-2H3. The average Bonchev–Trinajstić information content (AvgIpc) is 3.37. The van der Waals surface area contributed by atoms with Gasteiger partial charge in [-0.3, -0.25) is 9.36 Å². The van der Waals surface area contributed by atoms with E-state index in [4.69, 9.17) is 19.2 Å². The van der Waals surface area contributed by atoms with Crippen molar-refractivity contribution in [1.29, 1.82) is 0 Å². The molecular weight excluding hydrogens is 394 g/mol. The maximum atomic E-state index is 13.1. The van der Waals surface area contributed by atoms with E-state index in [0.29, 0.717) is 51.3 Å². The van der Waals surface area contributed by atoms with Gasteiger partial charge in [-0.15, -0.1) is 0 Å². The highest BCUT2D eigenvalue weighted by atomic mass is 16.7. The fraction of sp³-hybridized carbons (Fsp3) is 0.417. The normalized spacial score (nSPS) is 18.1. The Kier molecular flexibility index (Phi) is 5.16. The van der Waals surface area contributed by atoms with Crippen molar-refractivity contribution in [1.82, 2.24) is 14.5 Å². The van der Waals surface area contributed by atoms with Gasteiger partial charge >= 0.3 is 0 Å². The largest absolute Gasteiger partial charge is 0.494 e. The van der Waals surface area contributed by atoms with Crippen LogP contribution in [0.4, 0.5) is 0 Å². The molecule has 0 atom stereocenters. The van der Waals surface area contributed by atoms with E-state index >= 15 is 0 Å². The van der Waals surface area contributed by atoms with E-state index in [9.17, 15) is 4.79 Å². The van der Waals surface area contributed by atoms with Gasteiger partial charge in [-0.2, -0.15) is 0 Å². The van der Waals surface area contributed by atoms with Gasteiger partial charge in [0.15, 0.2) is 5.79 Å². The van der Waals surface area contributed by atoms with E-state index < -0.39 is 5.79 Å². The van der Waals surface area contributed by atoms with Gasteiger partial charge in [0.2, 0.25) is 0 Å². The summed E-state index contributed by atoms with van der Waals surface area (Å²) in [5.41, 5.74) is 3.46. The average molecular weight is 421 g/mol. The molecule has 2 fully saturated rings. The monoisotopic (exact) mass is 421 g/mol. The van der Waals surface area contributed by atoms with Crippen molar-refractivity contribution >= 4 is 16.9 Å². The minimum absolute atomic E-state index is 0.0306. The third-order valence-electron chi connectivity index (χ3n) is 6.10. The van der Waals surface area contributed by atoms with Crippen molar-refractivity contribution in [3.8, 4) is 11.4 Å². The molecule has 3 aromatic rings. The molecular formula is C24H27N3O4. The number of hydrogen-bond donors (Lipinski definition) is 0. The predicted octanol–water partition coefficient (Wildman–Crippen LogP) is 3.71. The molecule has 1 amide bonds. The van der Waals surface area contributed by atoms with Crippen LogP contribution in [-0.4, -0.2) is 59.1 Å². The van der Waals surface area contributed by atoms with E-state index in [1.807, 2.05) is 61.2 Å². The number of aryl methyl sites for hydroxylation is 1. The number of benzene rings is 2. The zero-order valence-corrected chi connectivity index (χ0v) is 18.0. The molecule has 7 heteroatoms. The van der Waals surface area contributed by atoms with Gasteiger partial charge in [-0.05, 0) is 56.3 Å². The van der Waals surface area contributed by atoms with Crippen LogP contribution in [0.15, 0.2) is 42.5 Å². The van der Waals surface area contributed by atoms with Crippen LogP contribution >= 0.6 is 0 Å². The Balaban J connectivity index is 1.38. The molecule has 0 bridgehead atoms. The smallest absolute Gasteiger partial charge is 0.253 e. The zero-order chi connectivity index (χ0) is 21.4. The summed E-state index contributed by atoms with van der Waals surface area (Å²) in [6, 6.07) is 13.7. The number of ether oxygens (including phenoxy) is 3. The highest BCUT2D eigenvalue weighted by Crippen LogP contribution is 2.32. The lowest BCUT2D eigenvalue weighted by molar-refractivity contribution is -0.181. The van der Waals surface area contributed by atoms with Gasteiger partial charge in [0, 0.05) is 37.2 Å². The number of likely N-dealkylation sites (tertiary alicyclic amines) is 1. The Labute approximate surface area is 181 Å². The van der Waals surface area contributed by atoms with Gasteiger partial charge in [0.1, 0.15) is 11.6 Å². The Morgan fingerprint density at radius 1 is 1.10 bits per heavy atom. The number of nitrogens with zero attached hydrogens (tertiary/aromatic N) is 3. The van der Waals surface area contributed by atoms with E-state index in [0.717, 1.165) is 28.3 Å². The molecule has 5 rings (SSSR count). The molecule has 0 radical (unpaired) electrons. The molecule has 7 nitrogen and oxygen atoms in total. The topological polar surface area (TPSA) is 65.8 Å². The van der Waals surface area contributed by atoms with Crippen molar-refractivity contribution in [3.63, 3.8) is 0 Å². The van der Waals surface area contributed by atoms with Crippen LogP contribution in [-0.2, 0) is 9.47 Å². The summed E-state index contributed by atoms with van der Waals surface area (Å²) in [5, 5.41) is 0. The molecule has 162 valence electrons. The summed E-state index contributed by atoms with van der Waals surface area (Å²) < 4.78 is 19.2. The summed E-state index contributed by atoms with van der Waals surface area (Å²) in [5.74, 6) is 1.27. The summed E-state index contributed by atoms with van der Waals surface area (Å²) in [4.78, 5) is 19.7. The van der Waals surface area contributed by atoms with E-state index in [2.05, 4.69) is 4.57 Å². The predicted molar refractivity (Wildman–Crippen MR) is 117 cm³/mol. The van der Waals surface area contributed by atoms with Crippen LogP contribution in [0.25, 0.3) is 16.7 Å². The highest BCUT2D eigenvalue weighted by Gasteiger charge is 2.40. The third kappa shape index (κ3) is 3.68. The Bertz CT molecular complexity index is 1090. The lowest BCUT2D eigenvalue weighted by atomic mass is 10.0. The molecule has 1 spiro atoms. The molecule has 31 heavy (non-hydrogen) atoms. The lowest BCUT2D eigenvalue weighted by Gasteiger charge is -2.37. The van der Waals surface area contributed by atoms with Gasteiger partial charge < -0.3 is 19.1 Å². The molecule has 0 unspecified atom stereocenters. The van der Waals surface area contributed by atoms with Crippen molar-refractivity contribution in [2.75, 3.05) is 32.9 Å². The third-order valence-corrected chi connectivity index (χ3v) is 6.10. The van der Waals surface area contributed by atoms with Crippen LogP contribution in [0.2, 0.25) is 0 Å². The zero-order valence-electron chi connectivity index (χ0n) is 18.0. The van der Waals surface area contributed by atoms with Crippen molar-refractivity contribution in [2.45, 2.75) is 32.5 Å². The van der Waals surface area contributed by atoms with Crippen LogP contribution in [0.1, 0.15) is 35.9 Å². The second-order valence-electron chi connectivity index (χ2n) is 8.02. The number of rotatable bonds is 4. The van der Waals surface area contributed by atoms with E-state index in [-0.39, 0.29) is 5.91 Å². The summed E-state index contributed by atoms with van der Waals surface area (Å²) in [6.45, 7) is 7.14. The molecule has 0 N–H and O–H groups in total. The van der Waals surface area contributed by atoms with Crippen molar-refractivity contribution in [3.05, 3.63) is 53.9 Å². The maximum absolute atomic E-state index is 13.1. The molecule has 3 heterocycles. The SMILES string of the molecule is CCOc1ccc(-n2c(C)nc3cc(C(=O)N4CCC5(CC4)OCCO5)ccc32)cc1. The first-order valence-corrected chi connectivity index (χ1v) is 10.9. The number of fused-ring (bicyclic) bond motifs is 1. The first-order chi connectivity index (χ1) is 15.1. The molecule has 0 saturated carbocycles. The lowest BCUT2D eigenvalue weighted by Crippen LogP contribution is -2.47. The molecule has 2 aromatic carbocycles. The molecule has 0 aliphatic carbocycles. The van der Waals surface area contributed by atoms with Gasteiger partial charge in [-0.25, -0.2) is 4.98 Å². The Morgan fingerprint density at radius 2 is 1.81 bits per heavy atom. The number of carbonyl (C=O) groups is 1. The van der Waals surface area contributed by atoms with Gasteiger partial charge in [-0.1, -0.05) is 0 Å². The van der Waals surface area contributed by atoms with Crippen molar-refractivity contribution in [2.24, 2.45) is 0 Å². The Hall–Kier alpha value is -2.90. The quantitative estimate of drug-likeness (QED) is 0.643.